The molecule has 3 aromatic rings. The van der Waals surface area contributed by atoms with E-state index in [1.54, 1.807) is 24.3 Å². The summed E-state index contributed by atoms with van der Waals surface area (Å²) in [7, 11) is 0. The molecule has 34 heavy (non-hydrogen) atoms. The highest BCUT2D eigenvalue weighted by Crippen LogP contribution is 2.20. The van der Waals surface area contributed by atoms with Gasteiger partial charge in [0.2, 0.25) is 11.8 Å². The number of carbonyl (C=O) groups excluding carboxylic acids is 4. The van der Waals surface area contributed by atoms with Gasteiger partial charge in [-0.1, -0.05) is 18.2 Å². The fourth-order valence-electron chi connectivity index (χ4n) is 3.23. The van der Waals surface area contributed by atoms with E-state index < -0.39 is 18.5 Å². The minimum atomic E-state index is -0.757. The van der Waals surface area contributed by atoms with Gasteiger partial charge in [-0.25, -0.2) is 14.5 Å². The Hall–Kier alpha value is -4.98. The van der Waals surface area contributed by atoms with Crippen LogP contribution in [-0.2, 0) is 19.1 Å². The minimum absolute atomic E-state index is 0.0986. The van der Waals surface area contributed by atoms with E-state index in [-0.39, 0.29) is 41.6 Å². The molecule has 1 aliphatic heterocycles. The zero-order valence-electron chi connectivity index (χ0n) is 17.7. The van der Waals surface area contributed by atoms with Crippen LogP contribution in [-0.4, -0.2) is 40.1 Å². The number of anilines is 2. The van der Waals surface area contributed by atoms with Gasteiger partial charge in [0.25, 0.3) is 5.91 Å². The van der Waals surface area contributed by atoms with Crippen LogP contribution < -0.4 is 15.8 Å². The molecular weight excluding hydrogens is 440 g/mol. The molecule has 0 spiro atoms. The summed E-state index contributed by atoms with van der Waals surface area (Å²) in [6.45, 7) is -0.591. The summed E-state index contributed by atoms with van der Waals surface area (Å²) in [5.41, 5.74) is 3.80. The Balaban J connectivity index is 1.38. The van der Waals surface area contributed by atoms with Crippen molar-refractivity contribution < 1.29 is 23.9 Å². The Kier molecular flexibility index (Phi) is 6.31. The van der Waals surface area contributed by atoms with Gasteiger partial charge in [0, 0.05) is 12.8 Å². The van der Waals surface area contributed by atoms with Crippen LogP contribution in [0.4, 0.5) is 11.5 Å². The number of hydrogen-bond acceptors (Lipinski definition) is 7. The second-order valence-corrected chi connectivity index (χ2v) is 7.20. The summed E-state index contributed by atoms with van der Waals surface area (Å²) in [5.74, 6) is -1.79. The number of hydrazine groups is 1. The number of amides is 3. The average Bonchev–Trinajstić information content (AvgIpc) is 3.27. The molecule has 0 radical (unpaired) electrons. The highest BCUT2D eigenvalue weighted by atomic mass is 16.5. The third-order valence-electron chi connectivity index (χ3n) is 4.90. The fourth-order valence-corrected chi connectivity index (χ4v) is 3.23. The van der Waals surface area contributed by atoms with Crippen molar-refractivity contribution in [3.8, 4) is 11.8 Å². The van der Waals surface area contributed by atoms with Gasteiger partial charge >= 0.3 is 5.97 Å². The van der Waals surface area contributed by atoms with E-state index in [9.17, 15) is 24.4 Å². The largest absolute Gasteiger partial charge is 0.452 e. The number of nitriles is 1. The molecule has 3 amide bonds. The van der Waals surface area contributed by atoms with Crippen LogP contribution in [0.3, 0.4) is 0 Å². The lowest BCUT2D eigenvalue weighted by Gasteiger charge is -2.27. The molecule has 0 atom stereocenters. The van der Waals surface area contributed by atoms with Crippen molar-refractivity contribution in [2.75, 3.05) is 16.9 Å². The number of carbonyl (C=O) groups is 4. The van der Waals surface area contributed by atoms with Crippen LogP contribution in [0, 0.1) is 11.3 Å². The summed E-state index contributed by atoms with van der Waals surface area (Å²) in [4.78, 5) is 48.3. The summed E-state index contributed by atoms with van der Waals surface area (Å²) < 4.78 is 6.47. The van der Waals surface area contributed by atoms with Crippen molar-refractivity contribution in [1.82, 2.24) is 15.2 Å². The SMILES string of the molecule is N#Cc1cnn(-c2ccccc2)c1NC(=O)COC(=O)c1ccc(N2NC(=O)CCC2=O)cc1. The molecule has 11 nitrogen and oxygen atoms in total. The Labute approximate surface area is 193 Å². The zero-order valence-corrected chi connectivity index (χ0v) is 17.7. The third-order valence-corrected chi connectivity index (χ3v) is 4.90. The van der Waals surface area contributed by atoms with Crippen LogP contribution in [0.5, 0.6) is 0 Å². The van der Waals surface area contributed by atoms with Crippen LogP contribution >= 0.6 is 0 Å². The quantitative estimate of drug-likeness (QED) is 0.535. The van der Waals surface area contributed by atoms with Crippen molar-refractivity contribution >= 4 is 35.2 Å². The first-order chi connectivity index (χ1) is 16.5. The van der Waals surface area contributed by atoms with E-state index in [1.165, 1.54) is 35.1 Å². The van der Waals surface area contributed by atoms with E-state index in [4.69, 9.17) is 4.74 Å². The summed E-state index contributed by atoms with van der Waals surface area (Å²) >= 11 is 0. The molecule has 170 valence electrons. The summed E-state index contributed by atoms with van der Waals surface area (Å²) in [6, 6.07) is 16.7. The number of nitrogens with zero attached hydrogens (tertiary/aromatic N) is 4. The van der Waals surface area contributed by atoms with Gasteiger partial charge in [-0.2, -0.15) is 10.4 Å². The lowest BCUT2D eigenvalue weighted by atomic mass is 10.2. The van der Waals surface area contributed by atoms with Crippen molar-refractivity contribution in [2.24, 2.45) is 0 Å². The average molecular weight is 458 g/mol. The van der Waals surface area contributed by atoms with E-state index in [0.29, 0.717) is 11.4 Å². The molecule has 1 aliphatic rings. The molecule has 0 unspecified atom stereocenters. The van der Waals surface area contributed by atoms with Crippen LogP contribution in [0.25, 0.3) is 5.69 Å². The van der Waals surface area contributed by atoms with Gasteiger partial charge in [0.15, 0.2) is 12.4 Å². The number of ether oxygens (including phenoxy) is 1. The first kappa shape index (κ1) is 22.2. The van der Waals surface area contributed by atoms with Crippen LogP contribution in [0.2, 0.25) is 0 Å². The Morgan fingerprint density at radius 2 is 1.79 bits per heavy atom. The number of para-hydroxylation sites is 1. The number of rotatable bonds is 6. The first-order valence-corrected chi connectivity index (χ1v) is 10.2. The summed E-state index contributed by atoms with van der Waals surface area (Å²) in [5, 5.41) is 17.1. The van der Waals surface area contributed by atoms with E-state index in [0.717, 1.165) is 5.01 Å². The molecule has 2 aromatic carbocycles. The predicted molar refractivity (Wildman–Crippen MR) is 118 cm³/mol. The maximum absolute atomic E-state index is 12.4. The van der Waals surface area contributed by atoms with Gasteiger partial charge < -0.3 is 10.1 Å². The monoisotopic (exact) mass is 458 g/mol. The predicted octanol–water partition coefficient (Wildman–Crippen LogP) is 1.70. The fraction of sp³-hybridized carbons (Fsp3) is 0.130. The van der Waals surface area contributed by atoms with Gasteiger partial charge in [0.1, 0.15) is 11.6 Å². The van der Waals surface area contributed by atoms with Gasteiger partial charge in [-0.3, -0.25) is 19.8 Å². The van der Waals surface area contributed by atoms with Crippen molar-refractivity contribution in [1.29, 1.82) is 5.26 Å². The van der Waals surface area contributed by atoms with Gasteiger partial charge in [-0.05, 0) is 36.4 Å². The molecule has 11 heteroatoms. The molecule has 2 heterocycles. The second kappa shape index (κ2) is 9.66. The van der Waals surface area contributed by atoms with Crippen molar-refractivity contribution in [3.63, 3.8) is 0 Å². The lowest BCUT2D eigenvalue weighted by molar-refractivity contribution is -0.130. The number of esters is 1. The van der Waals surface area contributed by atoms with Crippen molar-refractivity contribution in [3.05, 3.63) is 71.9 Å². The second-order valence-electron chi connectivity index (χ2n) is 7.20. The molecule has 1 saturated heterocycles. The molecular formula is C23H18N6O5. The molecule has 1 aromatic heterocycles. The highest BCUT2D eigenvalue weighted by Gasteiger charge is 2.24. The van der Waals surface area contributed by atoms with Crippen LogP contribution in [0.15, 0.2) is 60.8 Å². The number of hydrogen-bond donors (Lipinski definition) is 2. The molecule has 0 bridgehead atoms. The number of nitrogens with one attached hydrogen (secondary N) is 2. The third kappa shape index (κ3) is 4.76. The van der Waals surface area contributed by atoms with E-state index in [2.05, 4.69) is 15.8 Å². The van der Waals surface area contributed by atoms with Crippen LogP contribution in [0.1, 0.15) is 28.8 Å². The standard InChI is InChI=1S/C23H18N6O5/c24-12-16-13-25-29(17-4-2-1-3-5-17)22(16)26-20(31)14-34-23(33)15-6-8-18(9-7-15)28-21(32)11-10-19(30)27-28/h1-9,13H,10-11,14H2,(H,26,31)(H,27,30). The Morgan fingerprint density at radius 1 is 1.06 bits per heavy atom. The molecule has 0 aliphatic carbocycles. The van der Waals surface area contributed by atoms with E-state index >= 15 is 0 Å². The normalized spacial score (nSPS) is 13.1. The lowest BCUT2D eigenvalue weighted by Crippen LogP contribution is -2.50. The molecule has 2 N–H and O–H groups in total. The molecule has 4 rings (SSSR count). The Bertz CT molecular complexity index is 1290. The van der Waals surface area contributed by atoms with E-state index in [1.807, 2.05) is 12.1 Å². The maximum atomic E-state index is 12.4. The number of aromatic nitrogens is 2. The molecule has 1 fully saturated rings. The minimum Gasteiger partial charge on any atom is -0.452 e. The highest BCUT2D eigenvalue weighted by molar-refractivity contribution is 6.01. The summed E-state index contributed by atoms with van der Waals surface area (Å²) in [6.07, 6.45) is 1.55. The number of benzene rings is 2. The zero-order chi connectivity index (χ0) is 24.1. The van der Waals surface area contributed by atoms with Crippen molar-refractivity contribution in [2.45, 2.75) is 12.8 Å². The Morgan fingerprint density at radius 3 is 2.50 bits per heavy atom. The topological polar surface area (TPSA) is 146 Å². The smallest absolute Gasteiger partial charge is 0.338 e. The first-order valence-electron chi connectivity index (χ1n) is 10.2. The molecule has 0 saturated carbocycles. The maximum Gasteiger partial charge on any atom is 0.338 e. The van der Waals surface area contributed by atoms with Gasteiger partial charge in [-0.15, -0.1) is 0 Å². The van der Waals surface area contributed by atoms with Gasteiger partial charge in [0.05, 0.1) is 23.1 Å².